The highest BCUT2D eigenvalue weighted by molar-refractivity contribution is 5.26. The Morgan fingerprint density at radius 2 is 1.94 bits per heavy atom. The number of aromatic nitrogens is 1. The Labute approximate surface area is 91.2 Å². The molecule has 0 saturated carbocycles. The first kappa shape index (κ1) is 12.8. The number of aryl methyl sites for hydroxylation is 1. The summed E-state index contributed by atoms with van der Waals surface area (Å²) in [5, 5.41) is 0. The van der Waals surface area contributed by atoms with Crippen LogP contribution in [0.3, 0.4) is 0 Å². The van der Waals surface area contributed by atoms with E-state index < -0.39 is 11.7 Å². The average Bonchev–Trinajstić information content (AvgIpc) is 2.16. The number of rotatable bonds is 4. The van der Waals surface area contributed by atoms with Crippen molar-refractivity contribution < 1.29 is 22.6 Å². The van der Waals surface area contributed by atoms with E-state index >= 15 is 0 Å². The number of pyridine rings is 1. The van der Waals surface area contributed by atoms with Crippen LogP contribution in [0.1, 0.15) is 11.3 Å². The maximum Gasteiger partial charge on any atom is 0.416 e. The minimum atomic E-state index is -4.38. The molecule has 1 rings (SSSR count). The van der Waals surface area contributed by atoms with Crippen molar-refractivity contribution in [1.29, 1.82) is 0 Å². The van der Waals surface area contributed by atoms with Gasteiger partial charge in [0, 0.05) is 18.9 Å². The molecule has 0 bridgehead atoms. The molecule has 0 spiro atoms. The number of hydrogen-bond donors (Lipinski definition) is 0. The lowest BCUT2D eigenvalue weighted by atomic mass is 10.2. The largest absolute Gasteiger partial charge is 0.475 e. The van der Waals surface area contributed by atoms with Crippen molar-refractivity contribution in [2.24, 2.45) is 0 Å². The van der Waals surface area contributed by atoms with Crippen LogP contribution in [0.15, 0.2) is 12.1 Å². The smallest absolute Gasteiger partial charge is 0.416 e. The zero-order valence-corrected chi connectivity index (χ0v) is 8.97. The van der Waals surface area contributed by atoms with Crippen molar-refractivity contribution in [3.05, 3.63) is 23.4 Å². The van der Waals surface area contributed by atoms with E-state index in [0.29, 0.717) is 6.61 Å². The Balaban J connectivity index is 2.82. The van der Waals surface area contributed by atoms with Crippen molar-refractivity contribution in [1.82, 2.24) is 4.98 Å². The van der Waals surface area contributed by atoms with Gasteiger partial charge in [0.05, 0.1) is 12.2 Å². The molecule has 3 nitrogen and oxygen atoms in total. The van der Waals surface area contributed by atoms with Gasteiger partial charge in [-0.25, -0.2) is 4.98 Å². The minimum Gasteiger partial charge on any atom is -0.475 e. The van der Waals surface area contributed by atoms with Crippen LogP contribution in [0.25, 0.3) is 0 Å². The molecule has 90 valence electrons. The van der Waals surface area contributed by atoms with Gasteiger partial charge in [-0.05, 0) is 13.0 Å². The number of alkyl halides is 3. The van der Waals surface area contributed by atoms with Crippen LogP contribution in [0.2, 0.25) is 0 Å². The van der Waals surface area contributed by atoms with Gasteiger partial charge in [0.2, 0.25) is 5.88 Å². The Kier molecular flexibility index (Phi) is 4.12. The van der Waals surface area contributed by atoms with E-state index in [9.17, 15) is 13.2 Å². The Hall–Kier alpha value is -1.30. The molecule has 6 heteroatoms. The van der Waals surface area contributed by atoms with Crippen molar-refractivity contribution in [3.63, 3.8) is 0 Å². The SMILES string of the molecule is COCCOc1cc(C(F)(F)F)cc(C)n1. The first-order valence-electron chi connectivity index (χ1n) is 4.61. The third-order valence-electron chi connectivity index (χ3n) is 1.79. The van der Waals surface area contributed by atoms with Crippen LogP contribution >= 0.6 is 0 Å². The third-order valence-corrected chi connectivity index (χ3v) is 1.79. The minimum absolute atomic E-state index is 0.0376. The fourth-order valence-corrected chi connectivity index (χ4v) is 1.11. The topological polar surface area (TPSA) is 31.4 Å². The summed E-state index contributed by atoms with van der Waals surface area (Å²) < 4.78 is 47.0. The molecule has 1 heterocycles. The Morgan fingerprint density at radius 1 is 1.25 bits per heavy atom. The molecule has 0 aliphatic carbocycles. The van der Waals surface area contributed by atoms with Crippen LogP contribution < -0.4 is 4.74 Å². The van der Waals surface area contributed by atoms with Crippen LogP contribution in [0.5, 0.6) is 5.88 Å². The van der Waals surface area contributed by atoms with Gasteiger partial charge in [-0.15, -0.1) is 0 Å². The van der Waals surface area contributed by atoms with Crippen molar-refractivity contribution in [2.75, 3.05) is 20.3 Å². The molecule has 16 heavy (non-hydrogen) atoms. The molecule has 0 saturated heterocycles. The van der Waals surface area contributed by atoms with E-state index in [0.717, 1.165) is 12.1 Å². The van der Waals surface area contributed by atoms with E-state index in [1.807, 2.05) is 0 Å². The maximum absolute atomic E-state index is 12.4. The van der Waals surface area contributed by atoms with Crippen LogP contribution in [0, 0.1) is 6.92 Å². The molecule has 0 amide bonds. The van der Waals surface area contributed by atoms with Crippen molar-refractivity contribution in [3.8, 4) is 5.88 Å². The second-order valence-corrected chi connectivity index (χ2v) is 3.17. The summed E-state index contributed by atoms with van der Waals surface area (Å²) in [6, 6.07) is 1.85. The quantitative estimate of drug-likeness (QED) is 0.751. The second kappa shape index (κ2) is 5.16. The van der Waals surface area contributed by atoms with Gasteiger partial charge < -0.3 is 9.47 Å². The molecule has 0 fully saturated rings. The molecule has 0 aromatic carbocycles. The number of ether oxygens (including phenoxy) is 2. The first-order valence-corrected chi connectivity index (χ1v) is 4.61. The predicted molar refractivity (Wildman–Crippen MR) is 51.3 cm³/mol. The van der Waals surface area contributed by atoms with E-state index in [-0.39, 0.29) is 18.2 Å². The average molecular weight is 235 g/mol. The standard InChI is InChI=1S/C10H12F3NO2/c1-7-5-8(10(11,12)13)6-9(14-7)16-4-3-15-2/h5-6H,3-4H2,1-2H3. The van der Waals surface area contributed by atoms with E-state index in [1.165, 1.54) is 14.0 Å². The predicted octanol–water partition coefficient (Wildman–Crippen LogP) is 2.43. The van der Waals surface area contributed by atoms with E-state index in [4.69, 9.17) is 9.47 Å². The molecule has 1 aromatic rings. The highest BCUT2D eigenvalue weighted by Gasteiger charge is 2.31. The molecule has 0 radical (unpaired) electrons. The molecule has 0 aliphatic heterocycles. The summed E-state index contributed by atoms with van der Waals surface area (Å²) in [5.74, 6) is -0.0376. The van der Waals surface area contributed by atoms with Gasteiger partial charge in [-0.3, -0.25) is 0 Å². The summed E-state index contributed by atoms with van der Waals surface area (Å²) in [6.45, 7) is 1.96. The van der Waals surface area contributed by atoms with Gasteiger partial charge in [0.25, 0.3) is 0 Å². The van der Waals surface area contributed by atoms with E-state index in [1.54, 1.807) is 0 Å². The normalized spacial score (nSPS) is 11.6. The number of nitrogens with zero attached hydrogens (tertiary/aromatic N) is 1. The molecule has 1 aromatic heterocycles. The highest BCUT2D eigenvalue weighted by atomic mass is 19.4. The molecule has 0 unspecified atom stereocenters. The molecule has 0 atom stereocenters. The van der Waals surface area contributed by atoms with Crippen molar-refractivity contribution >= 4 is 0 Å². The fraction of sp³-hybridized carbons (Fsp3) is 0.500. The maximum atomic E-state index is 12.4. The second-order valence-electron chi connectivity index (χ2n) is 3.17. The lowest BCUT2D eigenvalue weighted by Gasteiger charge is -2.10. The molecular weight excluding hydrogens is 223 g/mol. The van der Waals surface area contributed by atoms with Crippen LogP contribution in [0.4, 0.5) is 13.2 Å². The Morgan fingerprint density at radius 3 is 2.50 bits per heavy atom. The Bertz CT molecular complexity index is 352. The van der Waals surface area contributed by atoms with Gasteiger partial charge in [-0.2, -0.15) is 13.2 Å². The third kappa shape index (κ3) is 3.69. The lowest BCUT2D eigenvalue weighted by Crippen LogP contribution is -2.09. The van der Waals surface area contributed by atoms with Gasteiger partial charge in [-0.1, -0.05) is 0 Å². The zero-order chi connectivity index (χ0) is 12.2. The summed E-state index contributed by atoms with van der Waals surface area (Å²) in [6.07, 6.45) is -4.38. The molecule has 0 aliphatic rings. The monoisotopic (exact) mass is 235 g/mol. The molecule has 0 N–H and O–H groups in total. The summed E-state index contributed by atoms with van der Waals surface area (Å²) in [5.41, 5.74) is -0.491. The lowest BCUT2D eigenvalue weighted by molar-refractivity contribution is -0.137. The summed E-state index contributed by atoms with van der Waals surface area (Å²) in [7, 11) is 1.48. The summed E-state index contributed by atoms with van der Waals surface area (Å²) in [4.78, 5) is 3.84. The fourth-order valence-electron chi connectivity index (χ4n) is 1.11. The zero-order valence-electron chi connectivity index (χ0n) is 8.97. The molecular formula is C10H12F3NO2. The number of methoxy groups -OCH3 is 1. The number of hydrogen-bond acceptors (Lipinski definition) is 3. The van der Waals surface area contributed by atoms with E-state index in [2.05, 4.69) is 4.98 Å². The highest BCUT2D eigenvalue weighted by Crippen LogP contribution is 2.31. The first-order chi connectivity index (χ1) is 7.43. The van der Waals surface area contributed by atoms with Gasteiger partial charge in [0.1, 0.15) is 6.61 Å². The summed E-state index contributed by atoms with van der Waals surface area (Å²) >= 11 is 0. The van der Waals surface area contributed by atoms with Crippen molar-refractivity contribution in [2.45, 2.75) is 13.1 Å². The van der Waals surface area contributed by atoms with Crippen LogP contribution in [-0.4, -0.2) is 25.3 Å². The van der Waals surface area contributed by atoms with Crippen LogP contribution in [-0.2, 0) is 10.9 Å². The van der Waals surface area contributed by atoms with Gasteiger partial charge >= 0.3 is 6.18 Å². The number of halogens is 3. The van der Waals surface area contributed by atoms with Gasteiger partial charge in [0.15, 0.2) is 0 Å².